The summed E-state index contributed by atoms with van der Waals surface area (Å²) in [4.78, 5) is 23.1. The fraction of sp³-hybridized carbons (Fsp3) is 0. The fourth-order valence-electron chi connectivity index (χ4n) is 1.29. The van der Waals surface area contributed by atoms with Crippen molar-refractivity contribution < 1.29 is 9.59 Å². The molecule has 2 rings (SSSR count). The van der Waals surface area contributed by atoms with Crippen molar-refractivity contribution in [1.29, 1.82) is 5.26 Å². The van der Waals surface area contributed by atoms with Gasteiger partial charge in [-0.3, -0.25) is 9.59 Å². The Bertz CT molecular complexity index is 429. The van der Waals surface area contributed by atoms with Crippen molar-refractivity contribution in [1.82, 2.24) is 4.31 Å². The molecule has 0 radical (unpaired) electrons. The van der Waals surface area contributed by atoms with Gasteiger partial charge in [-0.05, 0) is 12.1 Å². The highest BCUT2D eigenvalue weighted by molar-refractivity contribution is 8.02. The third kappa shape index (κ3) is 1.09. The first kappa shape index (κ1) is 8.78. The summed E-state index contributed by atoms with van der Waals surface area (Å²) in [5, 5.41) is 10.1. The molecule has 0 saturated heterocycles. The minimum atomic E-state index is -0.419. The normalized spacial score (nSPS) is 14.1. The van der Waals surface area contributed by atoms with Crippen LogP contribution in [0.1, 0.15) is 20.7 Å². The smallest absolute Gasteiger partial charge is 0.268 e. The lowest BCUT2D eigenvalue weighted by molar-refractivity contribution is 0.0778. The summed E-state index contributed by atoms with van der Waals surface area (Å²) in [5.74, 6) is -0.839. The Labute approximate surface area is 84.3 Å². The second kappa shape index (κ2) is 3.16. The lowest BCUT2D eigenvalue weighted by atomic mass is 10.1. The summed E-state index contributed by atoms with van der Waals surface area (Å²) in [6, 6.07) is 6.52. The molecule has 14 heavy (non-hydrogen) atoms. The maximum atomic E-state index is 11.5. The average Bonchev–Trinajstić information content (AvgIpc) is 2.45. The van der Waals surface area contributed by atoms with Crippen LogP contribution in [-0.2, 0) is 0 Å². The van der Waals surface area contributed by atoms with Gasteiger partial charge in [0.2, 0.25) is 0 Å². The van der Waals surface area contributed by atoms with Crippen molar-refractivity contribution in [3.63, 3.8) is 0 Å². The number of hydrogen-bond acceptors (Lipinski definition) is 4. The molecule has 0 N–H and O–H groups in total. The molecule has 0 aromatic heterocycles. The van der Waals surface area contributed by atoms with E-state index in [1.54, 1.807) is 29.7 Å². The summed E-state index contributed by atoms with van der Waals surface area (Å²) in [7, 11) is 0. The van der Waals surface area contributed by atoms with E-state index in [1.807, 2.05) is 0 Å². The van der Waals surface area contributed by atoms with Gasteiger partial charge in [0, 0.05) is 0 Å². The Balaban J connectivity index is 2.49. The zero-order valence-electron chi connectivity index (χ0n) is 6.93. The summed E-state index contributed by atoms with van der Waals surface area (Å²) in [6.07, 6.45) is 0. The van der Waals surface area contributed by atoms with Crippen LogP contribution < -0.4 is 0 Å². The number of imide groups is 1. The highest BCUT2D eigenvalue weighted by Gasteiger charge is 2.35. The molecule has 4 nitrogen and oxygen atoms in total. The fourth-order valence-corrected chi connectivity index (χ4v) is 1.74. The number of thiocyanates is 1. The van der Waals surface area contributed by atoms with Gasteiger partial charge in [-0.25, -0.2) is 4.31 Å². The van der Waals surface area contributed by atoms with Crippen LogP contribution in [0.5, 0.6) is 0 Å². The van der Waals surface area contributed by atoms with E-state index < -0.39 is 11.8 Å². The Morgan fingerprint density at radius 1 is 1.14 bits per heavy atom. The Kier molecular flexibility index (Phi) is 1.98. The van der Waals surface area contributed by atoms with E-state index in [9.17, 15) is 9.59 Å². The van der Waals surface area contributed by atoms with Crippen LogP contribution in [0.15, 0.2) is 24.3 Å². The zero-order chi connectivity index (χ0) is 10.1. The molecule has 68 valence electrons. The zero-order valence-corrected chi connectivity index (χ0v) is 7.75. The van der Waals surface area contributed by atoms with Crippen LogP contribution in [0.3, 0.4) is 0 Å². The molecule has 0 spiro atoms. The van der Waals surface area contributed by atoms with Gasteiger partial charge in [0.15, 0.2) is 5.40 Å². The van der Waals surface area contributed by atoms with Gasteiger partial charge in [0.05, 0.1) is 23.1 Å². The maximum absolute atomic E-state index is 11.5. The van der Waals surface area contributed by atoms with Crippen LogP contribution in [0.2, 0.25) is 0 Å². The predicted octanol–water partition coefficient (Wildman–Crippen LogP) is 1.41. The largest absolute Gasteiger partial charge is 0.272 e. The third-order valence-electron chi connectivity index (χ3n) is 1.89. The Morgan fingerprint density at radius 2 is 1.64 bits per heavy atom. The van der Waals surface area contributed by atoms with Gasteiger partial charge < -0.3 is 0 Å². The maximum Gasteiger partial charge on any atom is 0.272 e. The van der Waals surface area contributed by atoms with Crippen molar-refractivity contribution in [2.75, 3.05) is 0 Å². The number of benzene rings is 1. The van der Waals surface area contributed by atoms with Crippen molar-refractivity contribution in [2.45, 2.75) is 0 Å². The first-order valence-corrected chi connectivity index (χ1v) is 4.57. The second-order valence-electron chi connectivity index (χ2n) is 2.63. The van der Waals surface area contributed by atoms with Gasteiger partial charge >= 0.3 is 0 Å². The Morgan fingerprint density at radius 3 is 2.07 bits per heavy atom. The molecule has 1 heterocycles. The van der Waals surface area contributed by atoms with E-state index in [-0.39, 0.29) is 0 Å². The molecule has 5 heteroatoms. The number of rotatable bonds is 1. The number of hydrogen-bond donors (Lipinski definition) is 0. The van der Waals surface area contributed by atoms with E-state index in [1.165, 1.54) is 0 Å². The van der Waals surface area contributed by atoms with Crippen molar-refractivity contribution in [2.24, 2.45) is 0 Å². The van der Waals surface area contributed by atoms with Crippen LogP contribution in [0.25, 0.3) is 0 Å². The lowest BCUT2D eigenvalue weighted by Gasteiger charge is -2.04. The van der Waals surface area contributed by atoms with Gasteiger partial charge in [-0.1, -0.05) is 12.1 Å². The van der Waals surface area contributed by atoms with Crippen molar-refractivity contribution in [3.8, 4) is 5.40 Å². The molecule has 0 atom stereocenters. The number of nitrogens with zero attached hydrogens (tertiary/aromatic N) is 2. The summed E-state index contributed by atoms with van der Waals surface area (Å²) >= 11 is 0.551. The van der Waals surface area contributed by atoms with Crippen LogP contribution in [0, 0.1) is 10.7 Å². The molecular formula is C9H4N2O2S. The summed E-state index contributed by atoms with van der Waals surface area (Å²) < 4.78 is 0.866. The molecule has 1 aromatic carbocycles. The molecule has 1 aromatic rings. The number of carbonyl (C=O) groups excluding carboxylic acids is 2. The van der Waals surface area contributed by atoms with Crippen LogP contribution in [-0.4, -0.2) is 16.1 Å². The quantitative estimate of drug-likeness (QED) is 0.394. The lowest BCUT2D eigenvalue weighted by Crippen LogP contribution is -2.21. The SMILES string of the molecule is N#CSN1C(=O)c2ccccc2C1=O. The first-order chi connectivity index (χ1) is 6.75. The highest BCUT2D eigenvalue weighted by Crippen LogP contribution is 2.27. The number of fused-ring (bicyclic) bond motifs is 1. The molecule has 1 aliphatic heterocycles. The van der Waals surface area contributed by atoms with Gasteiger partial charge in [-0.2, -0.15) is 5.26 Å². The summed E-state index contributed by atoms with van der Waals surface area (Å²) in [5.41, 5.74) is 0.723. The van der Waals surface area contributed by atoms with Crippen molar-refractivity contribution >= 4 is 23.8 Å². The number of carbonyl (C=O) groups is 2. The van der Waals surface area contributed by atoms with Gasteiger partial charge in [-0.15, -0.1) is 0 Å². The van der Waals surface area contributed by atoms with Crippen molar-refractivity contribution in [3.05, 3.63) is 35.4 Å². The van der Waals surface area contributed by atoms with Gasteiger partial charge in [0.1, 0.15) is 0 Å². The molecule has 0 aliphatic carbocycles. The van der Waals surface area contributed by atoms with Crippen LogP contribution >= 0.6 is 11.9 Å². The standard InChI is InChI=1S/C9H4N2O2S/c10-5-14-11-8(12)6-3-1-2-4-7(6)9(11)13/h1-4H. The average molecular weight is 204 g/mol. The topological polar surface area (TPSA) is 61.2 Å². The van der Waals surface area contributed by atoms with E-state index in [4.69, 9.17) is 5.26 Å². The van der Waals surface area contributed by atoms with E-state index in [0.29, 0.717) is 23.1 Å². The molecule has 0 bridgehead atoms. The molecule has 2 amide bonds. The van der Waals surface area contributed by atoms with Gasteiger partial charge in [0.25, 0.3) is 11.8 Å². The van der Waals surface area contributed by atoms with E-state index in [0.717, 1.165) is 4.31 Å². The first-order valence-electron chi connectivity index (χ1n) is 3.79. The monoisotopic (exact) mass is 204 g/mol. The predicted molar refractivity (Wildman–Crippen MR) is 50.1 cm³/mol. The third-order valence-corrected chi connectivity index (χ3v) is 2.48. The molecule has 0 fully saturated rings. The van der Waals surface area contributed by atoms with Crippen LogP contribution in [0.4, 0.5) is 0 Å². The molecule has 1 aliphatic rings. The van der Waals surface area contributed by atoms with E-state index in [2.05, 4.69) is 0 Å². The number of nitriles is 1. The summed E-state index contributed by atoms with van der Waals surface area (Å²) in [6.45, 7) is 0. The highest BCUT2D eigenvalue weighted by atomic mass is 32.2. The molecule has 0 unspecified atom stereocenters. The minimum absolute atomic E-state index is 0.361. The molecule has 0 saturated carbocycles. The molecular weight excluding hydrogens is 200 g/mol. The Hall–Kier alpha value is -1.80. The minimum Gasteiger partial charge on any atom is -0.268 e. The number of amides is 2. The second-order valence-corrected chi connectivity index (χ2v) is 3.36. The van der Waals surface area contributed by atoms with E-state index >= 15 is 0 Å².